The van der Waals surface area contributed by atoms with Crippen molar-refractivity contribution in [2.75, 3.05) is 24.5 Å². The van der Waals surface area contributed by atoms with Crippen molar-refractivity contribution in [1.29, 1.82) is 0 Å². The van der Waals surface area contributed by atoms with Crippen LogP contribution in [0.2, 0.25) is 0 Å². The maximum absolute atomic E-state index is 14.9. The number of nitrogens with zero attached hydrogens (tertiary/aromatic N) is 3. The fraction of sp³-hybridized carbons (Fsp3) is 0.435. The molecule has 0 saturated carbocycles. The highest BCUT2D eigenvalue weighted by Gasteiger charge is 2.46. The van der Waals surface area contributed by atoms with Gasteiger partial charge in [0.15, 0.2) is 0 Å². The van der Waals surface area contributed by atoms with Gasteiger partial charge in [0.1, 0.15) is 12.4 Å². The molecule has 0 aliphatic carbocycles. The predicted octanol–water partition coefficient (Wildman–Crippen LogP) is 3.53. The normalized spacial score (nSPS) is 20.4. The quantitative estimate of drug-likeness (QED) is 0.547. The number of hydrogen-bond acceptors (Lipinski definition) is 4. The molecule has 2 bridgehead atoms. The topological polar surface area (TPSA) is 60.9 Å². The summed E-state index contributed by atoms with van der Waals surface area (Å²) in [6, 6.07) is 12.1. The number of amides is 1. The van der Waals surface area contributed by atoms with Crippen molar-refractivity contribution < 1.29 is 30.8 Å². The Morgan fingerprint density at radius 2 is 1.74 bits per heavy atom. The molecular weight excluding hydrogens is 474 g/mol. The minimum atomic E-state index is -4.78. The number of alkyl halides is 3. The summed E-state index contributed by atoms with van der Waals surface area (Å²) in [7, 11) is -4.37. The van der Waals surface area contributed by atoms with Crippen LogP contribution in [0, 0.1) is 5.82 Å². The van der Waals surface area contributed by atoms with Crippen LogP contribution in [-0.2, 0) is 27.1 Å². The number of piperazine rings is 1. The lowest BCUT2D eigenvalue weighted by molar-refractivity contribution is -0.143. The SMILES string of the molecule is CC(=O)N1[C@@H]2C[C@H]1CN(c1ccc(CN(CC(F)(F)F)S(=O)(=O)Cc3ccccc3)c(F)c1)C2. The van der Waals surface area contributed by atoms with Gasteiger partial charge in [-0.3, -0.25) is 4.79 Å². The van der Waals surface area contributed by atoms with Crippen molar-refractivity contribution in [2.45, 2.75) is 43.9 Å². The first-order valence-electron chi connectivity index (χ1n) is 10.8. The van der Waals surface area contributed by atoms with Gasteiger partial charge in [-0.2, -0.15) is 17.5 Å². The average Bonchev–Trinajstić information content (AvgIpc) is 2.73. The minimum Gasteiger partial charge on any atom is -0.367 e. The Morgan fingerprint density at radius 3 is 2.29 bits per heavy atom. The number of anilines is 1. The first kappa shape index (κ1) is 24.5. The van der Waals surface area contributed by atoms with E-state index in [4.69, 9.17) is 0 Å². The molecule has 3 heterocycles. The van der Waals surface area contributed by atoms with Gasteiger partial charge in [0.25, 0.3) is 0 Å². The van der Waals surface area contributed by atoms with Crippen LogP contribution < -0.4 is 4.90 Å². The fourth-order valence-electron chi connectivity index (χ4n) is 4.71. The molecule has 3 fully saturated rings. The summed E-state index contributed by atoms with van der Waals surface area (Å²) in [6.07, 6.45) is -3.89. The Bertz CT molecular complexity index is 1150. The van der Waals surface area contributed by atoms with E-state index in [-0.39, 0.29) is 27.9 Å². The standard InChI is InChI=1S/C23H25F4N3O3S/c1-16(31)30-20-9-21(30)13-28(12-20)19-8-7-18(22(24)10-19)11-29(15-23(25,26)27)34(32,33)14-17-5-3-2-4-6-17/h2-8,10,20-21H,9,11-15H2,1H3/t20-,21+. The van der Waals surface area contributed by atoms with Crippen LogP contribution >= 0.6 is 0 Å². The lowest BCUT2D eigenvalue weighted by atomic mass is 9.87. The highest BCUT2D eigenvalue weighted by atomic mass is 32.2. The molecule has 5 rings (SSSR count). The highest BCUT2D eigenvalue weighted by Crippen LogP contribution is 2.35. The monoisotopic (exact) mass is 499 g/mol. The maximum atomic E-state index is 14.9. The van der Waals surface area contributed by atoms with E-state index in [1.165, 1.54) is 31.2 Å². The van der Waals surface area contributed by atoms with Crippen LogP contribution in [0.15, 0.2) is 48.5 Å². The van der Waals surface area contributed by atoms with Crippen molar-refractivity contribution >= 4 is 21.6 Å². The number of halogens is 4. The van der Waals surface area contributed by atoms with Gasteiger partial charge >= 0.3 is 6.18 Å². The molecule has 6 nitrogen and oxygen atoms in total. The fourth-order valence-corrected chi connectivity index (χ4v) is 6.19. The van der Waals surface area contributed by atoms with E-state index in [1.807, 2.05) is 9.80 Å². The van der Waals surface area contributed by atoms with Crippen LogP contribution in [0.4, 0.5) is 23.2 Å². The second-order valence-corrected chi connectivity index (χ2v) is 10.7. The third-order valence-corrected chi connectivity index (χ3v) is 7.99. The van der Waals surface area contributed by atoms with Crippen molar-refractivity contribution in [3.8, 4) is 0 Å². The summed E-state index contributed by atoms with van der Waals surface area (Å²) >= 11 is 0. The van der Waals surface area contributed by atoms with E-state index in [0.717, 1.165) is 6.42 Å². The van der Waals surface area contributed by atoms with Crippen molar-refractivity contribution in [2.24, 2.45) is 0 Å². The summed E-state index contributed by atoms with van der Waals surface area (Å²) in [6.45, 7) is 0.159. The maximum Gasteiger partial charge on any atom is 0.402 e. The molecule has 184 valence electrons. The second kappa shape index (κ2) is 9.18. The van der Waals surface area contributed by atoms with Crippen molar-refractivity contribution in [3.63, 3.8) is 0 Å². The zero-order valence-electron chi connectivity index (χ0n) is 18.5. The van der Waals surface area contributed by atoms with E-state index >= 15 is 0 Å². The molecule has 2 aromatic carbocycles. The molecule has 11 heteroatoms. The number of sulfonamides is 1. The number of carbonyl (C=O) groups excluding carboxylic acids is 1. The van der Waals surface area contributed by atoms with Gasteiger partial charge in [-0.25, -0.2) is 12.8 Å². The Kier molecular flexibility index (Phi) is 6.61. The molecule has 3 aliphatic rings. The van der Waals surface area contributed by atoms with Gasteiger partial charge in [-0.15, -0.1) is 0 Å². The van der Waals surface area contributed by atoms with E-state index < -0.39 is 40.9 Å². The molecule has 34 heavy (non-hydrogen) atoms. The zero-order chi connectivity index (χ0) is 24.7. The number of hydrogen-bond donors (Lipinski definition) is 0. The number of piperidine rings is 1. The summed E-state index contributed by atoms with van der Waals surface area (Å²) in [4.78, 5) is 15.4. The smallest absolute Gasteiger partial charge is 0.367 e. The lowest BCUT2D eigenvalue weighted by Crippen LogP contribution is -2.70. The summed E-state index contributed by atoms with van der Waals surface area (Å²) in [5.74, 6) is -1.39. The summed E-state index contributed by atoms with van der Waals surface area (Å²) in [5.41, 5.74) is 0.750. The third kappa shape index (κ3) is 5.35. The van der Waals surface area contributed by atoms with Crippen molar-refractivity contribution in [3.05, 3.63) is 65.5 Å². The first-order chi connectivity index (χ1) is 15.9. The highest BCUT2D eigenvalue weighted by molar-refractivity contribution is 7.88. The van der Waals surface area contributed by atoms with Crippen LogP contribution in [0.25, 0.3) is 0 Å². The van der Waals surface area contributed by atoms with E-state index in [1.54, 1.807) is 24.3 Å². The molecule has 1 amide bonds. The van der Waals surface area contributed by atoms with Crippen LogP contribution in [0.5, 0.6) is 0 Å². The predicted molar refractivity (Wildman–Crippen MR) is 119 cm³/mol. The van der Waals surface area contributed by atoms with E-state index in [9.17, 15) is 30.8 Å². The molecule has 3 aliphatic heterocycles. The van der Waals surface area contributed by atoms with E-state index in [2.05, 4.69) is 0 Å². The van der Waals surface area contributed by atoms with Crippen LogP contribution in [0.3, 0.4) is 0 Å². The Balaban J connectivity index is 1.51. The van der Waals surface area contributed by atoms with E-state index in [0.29, 0.717) is 24.3 Å². The molecule has 0 N–H and O–H groups in total. The number of rotatable bonds is 7. The first-order valence-corrected chi connectivity index (χ1v) is 12.4. The van der Waals surface area contributed by atoms with Gasteiger partial charge in [0.05, 0.1) is 17.8 Å². The Hall–Kier alpha value is -2.66. The average molecular weight is 500 g/mol. The van der Waals surface area contributed by atoms with Gasteiger partial charge in [0, 0.05) is 37.8 Å². The van der Waals surface area contributed by atoms with Gasteiger partial charge in [0.2, 0.25) is 15.9 Å². The minimum absolute atomic E-state index is 0.00361. The van der Waals surface area contributed by atoms with Crippen LogP contribution in [-0.4, -0.2) is 61.4 Å². The molecule has 2 aromatic rings. The molecule has 0 unspecified atom stereocenters. The molecular formula is C23H25F4N3O3S. The number of fused-ring (bicyclic) bond motifs is 2. The Labute approximate surface area is 195 Å². The van der Waals surface area contributed by atoms with Gasteiger partial charge in [-0.1, -0.05) is 36.4 Å². The summed E-state index contributed by atoms with van der Waals surface area (Å²) in [5, 5.41) is 0. The van der Waals surface area contributed by atoms with Gasteiger partial charge in [-0.05, 0) is 24.1 Å². The number of benzene rings is 2. The van der Waals surface area contributed by atoms with Crippen molar-refractivity contribution in [1.82, 2.24) is 9.21 Å². The second-order valence-electron chi connectivity index (χ2n) is 8.78. The van der Waals surface area contributed by atoms with Crippen LogP contribution in [0.1, 0.15) is 24.5 Å². The molecule has 0 spiro atoms. The number of carbonyl (C=O) groups is 1. The zero-order valence-corrected chi connectivity index (χ0v) is 19.3. The molecule has 3 saturated heterocycles. The molecule has 2 atom stereocenters. The lowest BCUT2D eigenvalue weighted by Gasteiger charge is -2.56. The largest absolute Gasteiger partial charge is 0.402 e. The molecule has 0 radical (unpaired) electrons. The van der Waals surface area contributed by atoms with Gasteiger partial charge < -0.3 is 9.80 Å². The molecule has 0 aromatic heterocycles. The third-order valence-electron chi connectivity index (χ3n) is 6.25. The Morgan fingerprint density at radius 1 is 1.09 bits per heavy atom. The summed E-state index contributed by atoms with van der Waals surface area (Å²) < 4.78 is 80.3.